The summed E-state index contributed by atoms with van der Waals surface area (Å²) in [5.74, 6) is 0. The maximum atomic E-state index is 12.2. The number of hydrogen-bond donors (Lipinski definition) is 1. The number of aromatic nitrogens is 2. The van der Waals surface area contributed by atoms with Crippen molar-refractivity contribution in [2.45, 2.75) is 57.0 Å². The van der Waals surface area contributed by atoms with E-state index >= 15 is 0 Å². The van der Waals surface area contributed by atoms with E-state index in [1.165, 1.54) is 0 Å². The number of sulfonamides is 1. The van der Waals surface area contributed by atoms with Crippen molar-refractivity contribution in [2.75, 3.05) is 0 Å². The quantitative estimate of drug-likeness (QED) is 0.887. The Morgan fingerprint density at radius 1 is 1.47 bits per heavy atom. The van der Waals surface area contributed by atoms with Gasteiger partial charge in [0.25, 0.3) is 0 Å². The Bertz CT molecular complexity index is 487. The van der Waals surface area contributed by atoms with Crippen molar-refractivity contribution in [2.24, 2.45) is 0 Å². The minimum absolute atomic E-state index is 0.101. The third kappa shape index (κ3) is 2.69. The zero-order valence-electron chi connectivity index (χ0n) is 10.3. The maximum absolute atomic E-state index is 12.2. The smallest absolute Gasteiger partial charge is 0.244 e. The Morgan fingerprint density at radius 2 is 2.12 bits per heavy atom. The monoisotopic (exact) mass is 257 g/mol. The van der Waals surface area contributed by atoms with Gasteiger partial charge in [-0.3, -0.25) is 4.68 Å². The molecule has 0 radical (unpaired) electrons. The van der Waals surface area contributed by atoms with Crippen molar-refractivity contribution in [3.05, 3.63) is 11.9 Å². The SMILES string of the molecule is CCn1cc(S(=O)(=O)NC2CCCC2)c(C)n1. The summed E-state index contributed by atoms with van der Waals surface area (Å²) in [4.78, 5) is 0.311. The number of nitrogens with one attached hydrogen (secondary N) is 1. The summed E-state index contributed by atoms with van der Waals surface area (Å²) in [6.45, 7) is 4.35. The third-order valence-corrected chi connectivity index (χ3v) is 4.82. The van der Waals surface area contributed by atoms with Crippen LogP contribution in [0.3, 0.4) is 0 Å². The molecule has 1 aliphatic rings. The van der Waals surface area contributed by atoms with Gasteiger partial charge in [-0.25, -0.2) is 13.1 Å². The van der Waals surface area contributed by atoms with E-state index in [9.17, 15) is 8.42 Å². The molecular formula is C11H19N3O2S. The first-order valence-electron chi connectivity index (χ1n) is 6.09. The predicted octanol–water partition coefficient (Wildman–Crippen LogP) is 1.43. The van der Waals surface area contributed by atoms with Gasteiger partial charge >= 0.3 is 0 Å². The van der Waals surface area contributed by atoms with Gasteiger partial charge in [0, 0.05) is 18.8 Å². The predicted molar refractivity (Wildman–Crippen MR) is 65.2 cm³/mol. The van der Waals surface area contributed by atoms with Crippen molar-refractivity contribution in [1.29, 1.82) is 0 Å². The molecule has 1 fully saturated rings. The van der Waals surface area contributed by atoms with Crippen LogP contribution in [-0.4, -0.2) is 24.2 Å². The van der Waals surface area contributed by atoms with Crippen LogP contribution in [0.2, 0.25) is 0 Å². The minimum atomic E-state index is -3.40. The highest BCUT2D eigenvalue weighted by Gasteiger charge is 2.25. The van der Waals surface area contributed by atoms with Gasteiger partial charge < -0.3 is 0 Å². The summed E-state index contributed by atoms with van der Waals surface area (Å²) in [6, 6.07) is 0.101. The van der Waals surface area contributed by atoms with Crippen LogP contribution in [0.4, 0.5) is 0 Å². The summed E-state index contributed by atoms with van der Waals surface area (Å²) in [5.41, 5.74) is 0.567. The van der Waals surface area contributed by atoms with Gasteiger partial charge in [-0.2, -0.15) is 5.10 Å². The van der Waals surface area contributed by atoms with Gasteiger partial charge in [0.15, 0.2) is 0 Å². The van der Waals surface area contributed by atoms with E-state index in [0.717, 1.165) is 25.7 Å². The topological polar surface area (TPSA) is 64.0 Å². The van der Waals surface area contributed by atoms with E-state index in [4.69, 9.17) is 0 Å². The standard InChI is InChI=1S/C11H19N3O2S/c1-3-14-8-11(9(2)12-14)17(15,16)13-10-6-4-5-7-10/h8,10,13H,3-7H2,1-2H3. The van der Waals surface area contributed by atoms with Gasteiger partial charge in [-0.15, -0.1) is 0 Å². The molecule has 0 atom stereocenters. The fourth-order valence-electron chi connectivity index (χ4n) is 2.25. The lowest BCUT2D eigenvalue weighted by Crippen LogP contribution is -2.32. The molecule has 0 aromatic carbocycles. The van der Waals surface area contributed by atoms with Gasteiger partial charge in [-0.05, 0) is 26.7 Å². The fraction of sp³-hybridized carbons (Fsp3) is 0.727. The van der Waals surface area contributed by atoms with Gasteiger partial charge in [0.05, 0.1) is 5.69 Å². The highest BCUT2D eigenvalue weighted by molar-refractivity contribution is 7.89. The van der Waals surface area contributed by atoms with E-state index in [1.807, 2.05) is 6.92 Å². The average Bonchev–Trinajstić information content (AvgIpc) is 2.86. The molecule has 0 bridgehead atoms. The van der Waals surface area contributed by atoms with E-state index in [-0.39, 0.29) is 6.04 Å². The number of hydrogen-bond acceptors (Lipinski definition) is 3. The van der Waals surface area contributed by atoms with Gasteiger partial charge in [0.2, 0.25) is 10.0 Å². The van der Waals surface area contributed by atoms with Crippen LogP contribution in [0.15, 0.2) is 11.1 Å². The highest BCUT2D eigenvalue weighted by atomic mass is 32.2. The molecule has 0 aliphatic heterocycles. The number of aryl methyl sites for hydroxylation is 2. The lowest BCUT2D eigenvalue weighted by molar-refractivity contribution is 0.551. The molecule has 0 amide bonds. The van der Waals surface area contributed by atoms with Crippen LogP contribution >= 0.6 is 0 Å². The summed E-state index contributed by atoms with van der Waals surface area (Å²) >= 11 is 0. The number of nitrogens with zero attached hydrogens (tertiary/aromatic N) is 2. The Balaban J connectivity index is 2.21. The average molecular weight is 257 g/mol. The zero-order valence-corrected chi connectivity index (χ0v) is 11.1. The molecule has 6 heteroatoms. The molecule has 1 N–H and O–H groups in total. The van der Waals surface area contributed by atoms with Crippen molar-refractivity contribution >= 4 is 10.0 Å². The molecule has 1 saturated carbocycles. The van der Waals surface area contributed by atoms with E-state index < -0.39 is 10.0 Å². The first-order chi connectivity index (χ1) is 8.03. The summed E-state index contributed by atoms with van der Waals surface area (Å²) in [5, 5.41) is 4.17. The zero-order chi connectivity index (χ0) is 12.5. The maximum Gasteiger partial charge on any atom is 0.244 e. The molecule has 17 heavy (non-hydrogen) atoms. The van der Waals surface area contributed by atoms with Crippen molar-refractivity contribution < 1.29 is 8.42 Å². The summed E-state index contributed by atoms with van der Waals surface area (Å²) in [6.07, 6.45) is 5.72. The molecule has 0 unspecified atom stereocenters. The van der Waals surface area contributed by atoms with Gasteiger partial charge in [0.1, 0.15) is 4.90 Å². The van der Waals surface area contributed by atoms with Crippen LogP contribution in [0.1, 0.15) is 38.3 Å². The van der Waals surface area contributed by atoms with E-state index in [2.05, 4.69) is 9.82 Å². The lowest BCUT2D eigenvalue weighted by Gasteiger charge is -2.11. The molecule has 1 aromatic rings. The molecular weight excluding hydrogens is 238 g/mol. The van der Waals surface area contributed by atoms with Crippen LogP contribution < -0.4 is 4.72 Å². The van der Waals surface area contributed by atoms with Crippen molar-refractivity contribution in [3.63, 3.8) is 0 Å². The normalized spacial score (nSPS) is 17.8. The molecule has 0 saturated heterocycles. The lowest BCUT2D eigenvalue weighted by atomic mass is 10.3. The second kappa shape index (κ2) is 4.78. The summed E-state index contributed by atoms with van der Waals surface area (Å²) in [7, 11) is -3.40. The molecule has 1 aromatic heterocycles. The van der Waals surface area contributed by atoms with Crippen LogP contribution in [0.25, 0.3) is 0 Å². The second-order valence-electron chi connectivity index (χ2n) is 4.54. The Kier molecular flexibility index (Phi) is 3.53. The van der Waals surface area contributed by atoms with Crippen molar-refractivity contribution in [1.82, 2.24) is 14.5 Å². The Hall–Kier alpha value is -0.880. The molecule has 2 rings (SSSR count). The van der Waals surface area contributed by atoms with Gasteiger partial charge in [-0.1, -0.05) is 12.8 Å². The van der Waals surface area contributed by atoms with Crippen LogP contribution in [0, 0.1) is 6.92 Å². The Labute approximate surface area is 102 Å². The second-order valence-corrected chi connectivity index (χ2v) is 6.22. The first-order valence-corrected chi connectivity index (χ1v) is 7.57. The third-order valence-electron chi connectivity index (χ3n) is 3.19. The van der Waals surface area contributed by atoms with Crippen molar-refractivity contribution in [3.8, 4) is 0 Å². The first kappa shape index (κ1) is 12.6. The van der Waals surface area contributed by atoms with E-state index in [0.29, 0.717) is 17.1 Å². The Morgan fingerprint density at radius 3 is 2.65 bits per heavy atom. The molecule has 96 valence electrons. The van der Waals surface area contributed by atoms with E-state index in [1.54, 1.807) is 17.8 Å². The fourth-order valence-corrected chi connectivity index (χ4v) is 3.74. The van der Waals surface area contributed by atoms with Crippen LogP contribution in [-0.2, 0) is 16.6 Å². The molecule has 5 nitrogen and oxygen atoms in total. The molecule has 0 spiro atoms. The highest BCUT2D eigenvalue weighted by Crippen LogP contribution is 2.21. The largest absolute Gasteiger partial charge is 0.271 e. The molecule has 1 heterocycles. The minimum Gasteiger partial charge on any atom is -0.271 e. The van der Waals surface area contributed by atoms with Crippen LogP contribution in [0.5, 0.6) is 0 Å². The molecule has 1 aliphatic carbocycles. The number of rotatable bonds is 4. The summed E-state index contributed by atoms with van der Waals surface area (Å²) < 4.78 is 28.8.